The Balaban J connectivity index is 1.72. The van der Waals surface area contributed by atoms with Gasteiger partial charge in [0.1, 0.15) is 6.10 Å². The largest absolute Gasteiger partial charge is 0.487 e. The number of hydrogen-bond acceptors (Lipinski definition) is 3. The van der Waals surface area contributed by atoms with Gasteiger partial charge in [-0.15, -0.1) is 0 Å². The van der Waals surface area contributed by atoms with Crippen LogP contribution in [-0.2, 0) is 14.9 Å². The van der Waals surface area contributed by atoms with Gasteiger partial charge in [0.05, 0.1) is 19.6 Å². The molecule has 2 aliphatic rings. The fraction of sp³-hybridized carbons (Fsp3) is 0.562. The van der Waals surface area contributed by atoms with Crippen LogP contribution in [0, 0.1) is 5.82 Å². The van der Waals surface area contributed by atoms with E-state index >= 15 is 0 Å². The van der Waals surface area contributed by atoms with Crippen LogP contribution in [0.3, 0.4) is 0 Å². The van der Waals surface area contributed by atoms with Gasteiger partial charge < -0.3 is 14.6 Å². The molecule has 1 aliphatic heterocycles. The minimum atomic E-state index is -0.838. The molecule has 1 aliphatic carbocycles. The molecule has 0 atom stereocenters. The summed E-state index contributed by atoms with van der Waals surface area (Å²) in [6.45, 7) is 1.29. The fourth-order valence-corrected chi connectivity index (χ4v) is 2.91. The summed E-state index contributed by atoms with van der Waals surface area (Å²) < 4.78 is 25.1. The van der Waals surface area contributed by atoms with Crippen LogP contribution in [0.15, 0.2) is 18.2 Å². The molecule has 0 bridgehead atoms. The summed E-state index contributed by atoms with van der Waals surface area (Å²) in [5, 5.41) is 8.96. The zero-order valence-electron chi connectivity index (χ0n) is 11.8. The quantitative estimate of drug-likeness (QED) is 0.907. The second-order valence-corrected chi connectivity index (χ2v) is 5.93. The smallest absolute Gasteiger partial charge is 0.304 e. The van der Waals surface area contributed by atoms with E-state index in [9.17, 15) is 9.18 Å². The summed E-state index contributed by atoms with van der Waals surface area (Å²) in [5.41, 5.74) is 0.394. The molecular formula is C16H19FO4. The topological polar surface area (TPSA) is 55.8 Å². The summed E-state index contributed by atoms with van der Waals surface area (Å²) >= 11 is 0. The maximum atomic E-state index is 14.2. The van der Waals surface area contributed by atoms with E-state index in [1.807, 2.05) is 0 Å². The molecule has 0 aromatic heterocycles. The van der Waals surface area contributed by atoms with Crippen molar-refractivity contribution in [2.75, 3.05) is 13.2 Å². The number of ether oxygens (including phenoxy) is 2. The molecule has 0 spiro atoms. The van der Waals surface area contributed by atoms with Crippen molar-refractivity contribution in [2.24, 2.45) is 0 Å². The first-order valence-electron chi connectivity index (χ1n) is 7.35. The van der Waals surface area contributed by atoms with Gasteiger partial charge in [0.25, 0.3) is 0 Å². The Kier molecular flexibility index (Phi) is 3.85. The first-order chi connectivity index (χ1) is 10.1. The summed E-state index contributed by atoms with van der Waals surface area (Å²) in [6.07, 6.45) is 3.20. The van der Waals surface area contributed by atoms with E-state index < -0.39 is 11.8 Å². The van der Waals surface area contributed by atoms with Crippen molar-refractivity contribution in [2.45, 2.75) is 43.6 Å². The number of carboxylic acid groups (broad SMARTS) is 1. The number of carboxylic acids is 1. The number of hydrogen-bond donors (Lipinski definition) is 1. The molecule has 1 heterocycles. The van der Waals surface area contributed by atoms with Crippen LogP contribution < -0.4 is 4.74 Å². The molecule has 5 heteroatoms. The van der Waals surface area contributed by atoms with E-state index in [2.05, 4.69) is 0 Å². The van der Waals surface area contributed by atoms with Gasteiger partial charge in [-0.05, 0) is 30.5 Å². The molecule has 0 amide bonds. The standard InChI is InChI=1S/C16H19FO4/c17-13-9-11(16(5-6-16)10-15(18)19)1-2-14(13)21-12-3-7-20-8-4-12/h1-2,9,12H,3-8,10H2,(H,18,19). The van der Waals surface area contributed by atoms with Crippen molar-refractivity contribution in [3.05, 3.63) is 29.6 Å². The van der Waals surface area contributed by atoms with Crippen molar-refractivity contribution < 1.29 is 23.8 Å². The van der Waals surface area contributed by atoms with Gasteiger partial charge in [0.15, 0.2) is 11.6 Å². The second kappa shape index (κ2) is 5.64. The van der Waals surface area contributed by atoms with Crippen LogP contribution in [0.2, 0.25) is 0 Å². The number of benzene rings is 1. The molecular weight excluding hydrogens is 275 g/mol. The van der Waals surface area contributed by atoms with Crippen LogP contribution in [0.25, 0.3) is 0 Å². The molecule has 1 saturated heterocycles. The Hall–Kier alpha value is -1.62. The third-order valence-corrected chi connectivity index (χ3v) is 4.35. The molecule has 0 radical (unpaired) electrons. The first-order valence-corrected chi connectivity index (χ1v) is 7.35. The molecule has 1 aromatic carbocycles. The van der Waals surface area contributed by atoms with Gasteiger partial charge in [0, 0.05) is 18.3 Å². The molecule has 3 rings (SSSR count). The predicted octanol–water partition coefficient (Wildman–Crippen LogP) is 2.89. The van der Waals surface area contributed by atoms with E-state index in [-0.39, 0.29) is 23.7 Å². The number of carbonyl (C=O) groups is 1. The SMILES string of the molecule is O=C(O)CC1(c2ccc(OC3CCOCC3)c(F)c2)CC1. The summed E-state index contributed by atoms with van der Waals surface area (Å²) in [6, 6.07) is 4.86. The summed E-state index contributed by atoms with van der Waals surface area (Å²) in [7, 11) is 0. The van der Waals surface area contributed by atoms with Crippen LogP contribution >= 0.6 is 0 Å². The van der Waals surface area contributed by atoms with Crippen molar-refractivity contribution in [3.63, 3.8) is 0 Å². The highest BCUT2D eigenvalue weighted by atomic mass is 19.1. The van der Waals surface area contributed by atoms with Crippen molar-refractivity contribution in [1.82, 2.24) is 0 Å². The summed E-state index contributed by atoms with van der Waals surface area (Å²) in [5.74, 6) is -0.997. The third-order valence-electron chi connectivity index (χ3n) is 4.35. The molecule has 114 valence electrons. The highest BCUT2D eigenvalue weighted by Crippen LogP contribution is 2.51. The van der Waals surface area contributed by atoms with Gasteiger partial charge in [0.2, 0.25) is 0 Å². The lowest BCUT2D eigenvalue weighted by atomic mass is 9.92. The Morgan fingerprint density at radius 2 is 2.10 bits per heavy atom. The zero-order chi connectivity index (χ0) is 14.9. The van der Waals surface area contributed by atoms with E-state index in [0.717, 1.165) is 31.2 Å². The molecule has 21 heavy (non-hydrogen) atoms. The van der Waals surface area contributed by atoms with E-state index in [1.54, 1.807) is 12.1 Å². The average Bonchev–Trinajstić information content (AvgIpc) is 3.22. The van der Waals surface area contributed by atoms with Crippen LogP contribution in [0.4, 0.5) is 4.39 Å². The van der Waals surface area contributed by atoms with Gasteiger partial charge in [-0.25, -0.2) is 4.39 Å². The monoisotopic (exact) mass is 294 g/mol. The minimum Gasteiger partial charge on any atom is -0.487 e. The highest BCUT2D eigenvalue weighted by Gasteiger charge is 2.46. The third kappa shape index (κ3) is 3.18. The Morgan fingerprint density at radius 3 is 2.67 bits per heavy atom. The lowest BCUT2D eigenvalue weighted by Crippen LogP contribution is -2.26. The Labute approximate surface area is 122 Å². The lowest BCUT2D eigenvalue weighted by Gasteiger charge is -2.24. The van der Waals surface area contributed by atoms with E-state index in [1.165, 1.54) is 6.07 Å². The molecule has 1 N–H and O–H groups in total. The van der Waals surface area contributed by atoms with Crippen molar-refractivity contribution in [1.29, 1.82) is 0 Å². The Bertz CT molecular complexity index is 533. The van der Waals surface area contributed by atoms with Crippen molar-refractivity contribution in [3.8, 4) is 5.75 Å². The average molecular weight is 294 g/mol. The number of halogens is 1. The fourth-order valence-electron chi connectivity index (χ4n) is 2.91. The van der Waals surface area contributed by atoms with E-state index in [4.69, 9.17) is 14.6 Å². The van der Waals surface area contributed by atoms with Crippen LogP contribution in [0.1, 0.15) is 37.7 Å². The van der Waals surface area contributed by atoms with E-state index in [0.29, 0.717) is 13.2 Å². The molecule has 0 unspecified atom stereocenters. The molecule has 1 saturated carbocycles. The normalized spacial score (nSPS) is 21.0. The van der Waals surface area contributed by atoms with Crippen LogP contribution in [-0.4, -0.2) is 30.4 Å². The van der Waals surface area contributed by atoms with Crippen molar-refractivity contribution >= 4 is 5.97 Å². The Morgan fingerprint density at radius 1 is 1.38 bits per heavy atom. The first kappa shape index (κ1) is 14.3. The van der Waals surface area contributed by atoms with Gasteiger partial charge in [-0.3, -0.25) is 4.79 Å². The molecule has 2 fully saturated rings. The van der Waals surface area contributed by atoms with Gasteiger partial charge in [-0.2, -0.15) is 0 Å². The highest BCUT2D eigenvalue weighted by molar-refractivity contribution is 5.70. The molecule has 1 aromatic rings. The second-order valence-electron chi connectivity index (χ2n) is 5.93. The lowest BCUT2D eigenvalue weighted by molar-refractivity contribution is -0.137. The number of rotatable bonds is 5. The summed E-state index contributed by atoms with van der Waals surface area (Å²) in [4.78, 5) is 10.9. The van der Waals surface area contributed by atoms with Gasteiger partial charge >= 0.3 is 5.97 Å². The predicted molar refractivity (Wildman–Crippen MR) is 74.0 cm³/mol. The number of aliphatic carboxylic acids is 1. The van der Waals surface area contributed by atoms with Crippen LogP contribution in [0.5, 0.6) is 5.75 Å². The van der Waals surface area contributed by atoms with Gasteiger partial charge in [-0.1, -0.05) is 6.07 Å². The zero-order valence-corrected chi connectivity index (χ0v) is 11.8. The maximum absolute atomic E-state index is 14.2. The molecule has 4 nitrogen and oxygen atoms in total. The maximum Gasteiger partial charge on any atom is 0.304 e. The minimum absolute atomic E-state index is 0.00648.